The summed E-state index contributed by atoms with van der Waals surface area (Å²) in [5, 5.41) is 8.37. The van der Waals surface area contributed by atoms with Crippen molar-refractivity contribution < 1.29 is 4.74 Å². The van der Waals surface area contributed by atoms with Gasteiger partial charge in [0, 0.05) is 30.2 Å². The summed E-state index contributed by atoms with van der Waals surface area (Å²) in [6, 6.07) is 8.89. The smallest absolute Gasteiger partial charge is 0.121 e. The normalized spacial score (nSPS) is 15.4. The average molecular weight is 341 g/mol. The van der Waals surface area contributed by atoms with Crippen molar-refractivity contribution in [1.82, 2.24) is 10.3 Å². The molecule has 136 valence electrons. The summed E-state index contributed by atoms with van der Waals surface area (Å²) >= 11 is 0. The number of ether oxygens (including phenoxy) is 1. The van der Waals surface area contributed by atoms with Crippen LogP contribution in [-0.4, -0.2) is 31.2 Å². The minimum absolute atomic E-state index is 0.779. The van der Waals surface area contributed by atoms with Gasteiger partial charge < -0.3 is 15.4 Å². The third-order valence-corrected chi connectivity index (χ3v) is 5.12. The molecule has 0 radical (unpaired) electrons. The van der Waals surface area contributed by atoms with E-state index in [1.807, 2.05) is 24.4 Å². The first kappa shape index (κ1) is 18.0. The van der Waals surface area contributed by atoms with E-state index in [0.717, 1.165) is 41.5 Å². The summed E-state index contributed by atoms with van der Waals surface area (Å²) < 4.78 is 5.40. The monoisotopic (exact) mass is 341 g/mol. The number of anilines is 1. The molecule has 0 spiro atoms. The van der Waals surface area contributed by atoms with Crippen LogP contribution in [0.1, 0.15) is 51.4 Å². The third-order valence-electron chi connectivity index (χ3n) is 5.12. The van der Waals surface area contributed by atoms with Gasteiger partial charge in [0.2, 0.25) is 0 Å². The van der Waals surface area contributed by atoms with Crippen LogP contribution < -0.4 is 15.4 Å². The highest BCUT2D eigenvalue weighted by Crippen LogP contribution is 2.27. The fourth-order valence-corrected chi connectivity index (χ4v) is 3.68. The number of nitrogens with one attached hydrogen (secondary N) is 2. The molecule has 2 aromatic rings. The van der Waals surface area contributed by atoms with Crippen LogP contribution in [0.15, 0.2) is 30.5 Å². The lowest BCUT2D eigenvalue weighted by Crippen LogP contribution is -2.31. The van der Waals surface area contributed by atoms with Gasteiger partial charge in [0.15, 0.2) is 0 Å². The van der Waals surface area contributed by atoms with Crippen LogP contribution in [0.25, 0.3) is 10.9 Å². The summed E-state index contributed by atoms with van der Waals surface area (Å²) in [5.74, 6) is 0.875. The van der Waals surface area contributed by atoms with Gasteiger partial charge in [-0.2, -0.15) is 0 Å². The van der Waals surface area contributed by atoms with Crippen molar-refractivity contribution >= 4 is 16.6 Å². The number of unbranched alkanes of at least 4 members (excludes halogenated alkanes) is 2. The van der Waals surface area contributed by atoms with Gasteiger partial charge in [-0.3, -0.25) is 4.98 Å². The van der Waals surface area contributed by atoms with Gasteiger partial charge in [-0.1, -0.05) is 31.7 Å². The van der Waals surface area contributed by atoms with Gasteiger partial charge in [0.05, 0.1) is 18.3 Å². The Hall–Kier alpha value is -1.81. The number of hydrogen-bond acceptors (Lipinski definition) is 4. The lowest BCUT2D eigenvalue weighted by Gasteiger charge is -2.22. The second kappa shape index (κ2) is 9.62. The van der Waals surface area contributed by atoms with Crippen molar-refractivity contribution in [1.29, 1.82) is 0 Å². The molecule has 0 atom stereocenters. The maximum Gasteiger partial charge on any atom is 0.121 e. The highest BCUT2D eigenvalue weighted by Gasteiger charge is 2.11. The van der Waals surface area contributed by atoms with Gasteiger partial charge in [-0.15, -0.1) is 0 Å². The van der Waals surface area contributed by atoms with Crippen LogP contribution in [0.4, 0.5) is 5.69 Å². The zero-order valence-electron chi connectivity index (χ0n) is 15.4. The van der Waals surface area contributed by atoms with E-state index in [-0.39, 0.29) is 0 Å². The summed E-state index contributed by atoms with van der Waals surface area (Å²) in [7, 11) is 1.71. The highest BCUT2D eigenvalue weighted by atomic mass is 16.5. The SMILES string of the molecule is COc1cc(NCCCCCNC2CCCCC2)c2ncccc2c1. The first-order valence-electron chi connectivity index (χ1n) is 9.77. The fourth-order valence-electron chi connectivity index (χ4n) is 3.68. The van der Waals surface area contributed by atoms with E-state index < -0.39 is 0 Å². The van der Waals surface area contributed by atoms with E-state index in [1.165, 1.54) is 51.4 Å². The van der Waals surface area contributed by atoms with E-state index >= 15 is 0 Å². The second-order valence-corrected chi connectivity index (χ2v) is 7.03. The average Bonchev–Trinajstić information content (AvgIpc) is 2.67. The van der Waals surface area contributed by atoms with E-state index in [0.29, 0.717) is 0 Å². The van der Waals surface area contributed by atoms with Gasteiger partial charge in [-0.05, 0) is 44.4 Å². The number of benzene rings is 1. The molecule has 3 rings (SSSR count). The topological polar surface area (TPSA) is 46.2 Å². The van der Waals surface area contributed by atoms with Crippen molar-refractivity contribution in [3.63, 3.8) is 0 Å². The molecular weight excluding hydrogens is 310 g/mol. The zero-order chi connectivity index (χ0) is 17.3. The van der Waals surface area contributed by atoms with Crippen LogP contribution >= 0.6 is 0 Å². The molecule has 4 nitrogen and oxygen atoms in total. The Morgan fingerprint density at radius 2 is 1.92 bits per heavy atom. The molecule has 0 aliphatic heterocycles. The Kier molecular flexibility index (Phi) is 6.92. The van der Waals surface area contributed by atoms with Crippen LogP contribution in [0.2, 0.25) is 0 Å². The van der Waals surface area contributed by atoms with Gasteiger partial charge >= 0.3 is 0 Å². The number of hydrogen-bond donors (Lipinski definition) is 2. The van der Waals surface area contributed by atoms with E-state index in [9.17, 15) is 0 Å². The van der Waals surface area contributed by atoms with Crippen LogP contribution in [0, 0.1) is 0 Å². The molecule has 0 bridgehead atoms. The Bertz CT molecular complexity index is 653. The molecule has 1 saturated carbocycles. The third kappa shape index (κ3) is 5.33. The number of nitrogens with zero attached hydrogens (tertiary/aromatic N) is 1. The van der Waals surface area contributed by atoms with Gasteiger partial charge in [0.25, 0.3) is 0 Å². The highest BCUT2D eigenvalue weighted by molar-refractivity contribution is 5.91. The summed E-state index contributed by atoms with van der Waals surface area (Å²) in [6.07, 6.45) is 12.5. The predicted octanol–water partition coefficient (Wildman–Crippen LogP) is 4.75. The largest absolute Gasteiger partial charge is 0.497 e. The van der Waals surface area contributed by atoms with E-state index in [1.54, 1.807) is 7.11 Å². The number of pyridine rings is 1. The molecule has 0 amide bonds. The molecule has 25 heavy (non-hydrogen) atoms. The first-order valence-corrected chi connectivity index (χ1v) is 9.77. The Morgan fingerprint density at radius 3 is 2.76 bits per heavy atom. The molecule has 1 aromatic heterocycles. The van der Waals surface area contributed by atoms with Gasteiger partial charge in [-0.25, -0.2) is 0 Å². The standard InChI is InChI=1S/C21H31N3O/c1-25-19-15-17-9-8-14-24-21(17)20(16-19)23-13-7-3-6-12-22-18-10-4-2-5-11-18/h8-9,14-16,18,22-23H,2-7,10-13H2,1H3. The number of rotatable bonds is 9. The minimum Gasteiger partial charge on any atom is -0.497 e. The maximum atomic E-state index is 5.40. The summed E-state index contributed by atoms with van der Waals surface area (Å²) in [4.78, 5) is 4.51. The first-order chi connectivity index (χ1) is 12.4. The molecule has 4 heteroatoms. The second-order valence-electron chi connectivity index (χ2n) is 7.03. The van der Waals surface area contributed by atoms with Crippen LogP contribution in [0.5, 0.6) is 5.75 Å². The van der Waals surface area contributed by atoms with Crippen LogP contribution in [0.3, 0.4) is 0 Å². The molecule has 1 aliphatic rings. The molecule has 1 aromatic carbocycles. The Balaban J connectivity index is 1.39. The van der Waals surface area contributed by atoms with E-state index in [2.05, 4.69) is 21.7 Å². The molecule has 0 saturated heterocycles. The quantitative estimate of drug-likeness (QED) is 0.646. The number of fused-ring (bicyclic) bond motifs is 1. The van der Waals surface area contributed by atoms with Crippen LogP contribution in [-0.2, 0) is 0 Å². The molecule has 2 N–H and O–H groups in total. The van der Waals surface area contributed by atoms with Crippen molar-refractivity contribution in [2.75, 3.05) is 25.5 Å². The zero-order valence-corrected chi connectivity index (χ0v) is 15.4. The summed E-state index contributed by atoms with van der Waals surface area (Å²) in [5.41, 5.74) is 2.08. The van der Waals surface area contributed by atoms with E-state index in [4.69, 9.17) is 4.74 Å². The molecule has 1 aliphatic carbocycles. The molecule has 1 heterocycles. The molecule has 1 fully saturated rings. The Labute approximate surface area is 151 Å². The van der Waals surface area contributed by atoms with Crippen molar-refractivity contribution in [3.05, 3.63) is 30.5 Å². The van der Waals surface area contributed by atoms with Crippen molar-refractivity contribution in [3.8, 4) is 5.75 Å². The predicted molar refractivity (Wildman–Crippen MR) is 106 cm³/mol. The molecule has 0 unspecified atom stereocenters. The lowest BCUT2D eigenvalue weighted by molar-refractivity contribution is 0.370. The fraction of sp³-hybridized carbons (Fsp3) is 0.571. The lowest BCUT2D eigenvalue weighted by atomic mass is 9.95. The number of aromatic nitrogens is 1. The summed E-state index contributed by atoms with van der Waals surface area (Å²) in [6.45, 7) is 2.14. The number of methoxy groups -OCH3 is 1. The van der Waals surface area contributed by atoms with Gasteiger partial charge in [0.1, 0.15) is 5.75 Å². The van der Waals surface area contributed by atoms with Crippen molar-refractivity contribution in [2.24, 2.45) is 0 Å². The minimum atomic E-state index is 0.779. The Morgan fingerprint density at radius 1 is 1.08 bits per heavy atom. The maximum absolute atomic E-state index is 5.40. The van der Waals surface area contributed by atoms with Crippen molar-refractivity contribution in [2.45, 2.75) is 57.4 Å². The molecular formula is C21H31N3O.